The summed E-state index contributed by atoms with van der Waals surface area (Å²) in [5, 5.41) is 9.53. The Balaban J connectivity index is 1.42. The van der Waals surface area contributed by atoms with Gasteiger partial charge < -0.3 is 23.3 Å². The van der Waals surface area contributed by atoms with E-state index in [0.29, 0.717) is 43.6 Å². The van der Waals surface area contributed by atoms with Gasteiger partial charge in [0.2, 0.25) is 0 Å². The van der Waals surface area contributed by atoms with Gasteiger partial charge in [0, 0.05) is 29.7 Å². The van der Waals surface area contributed by atoms with Crippen LogP contribution < -0.4 is 9.47 Å². The van der Waals surface area contributed by atoms with Crippen LogP contribution in [0.25, 0.3) is 0 Å². The lowest BCUT2D eigenvalue weighted by Crippen LogP contribution is -2.33. The van der Waals surface area contributed by atoms with Crippen LogP contribution in [0.15, 0.2) is 78.9 Å². The maximum atomic E-state index is 8.92. The second-order valence-corrected chi connectivity index (χ2v) is 17.8. The molecule has 7 nitrogen and oxygen atoms in total. The van der Waals surface area contributed by atoms with E-state index in [4.69, 9.17) is 28.5 Å². The summed E-state index contributed by atoms with van der Waals surface area (Å²) < 4.78 is 32.5. The van der Waals surface area contributed by atoms with Gasteiger partial charge in [0.1, 0.15) is 17.1 Å². The number of rotatable bonds is 27. The number of hydrogen-bond donors (Lipinski definition) is 0. The first-order chi connectivity index (χ1) is 25.3. The number of methoxy groups -OCH3 is 2. The molecule has 0 saturated carbocycles. The molecule has 0 radical (unpaired) electrons. The van der Waals surface area contributed by atoms with Gasteiger partial charge in [0.15, 0.2) is 0 Å². The fourth-order valence-electron chi connectivity index (χ4n) is 6.12. The summed E-state index contributed by atoms with van der Waals surface area (Å²) in [7, 11) is 6.25. The van der Waals surface area contributed by atoms with Gasteiger partial charge >= 0.3 is 0 Å². The highest BCUT2D eigenvalue weighted by molar-refractivity contribution is 8.76. The Morgan fingerprint density at radius 3 is 1.77 bits per heavy atom. The molecule has 2 atom stereocenters. The molecule has 0 amide bonds. The van der Waals surface area contributed by atoms with Crippen LogP contribution in [-0.2, 0) is 19.4 Å². The highest BCUT2D eigenvalue weighted by atomic mass is 33.1. The summed E-state index contributed by atoms with van der Waals surface area (Å²) in [6.45, 7) is 12.8. The second-order valence-electron chi connectivity index (χ2n) is 13.4. The van der Waals surface area contributed by atoms with Gasteiger partial charge in [0.25, 0.3) is 8.53 Å². The molecule has 0 fully saturated rings. The highest BCUT2D eigenvalue weighted by Gasteiger charge is 2.37. The summed E-state index contributed by atoms with van der Waals surface area (Å²) in [6.07, 6.45) is 8.23. The normalized spacial score (nSPS) is 13.0. The lowest BCUT2D eigenvalue weighted by molar-refractivity contribution is 0.0106. The van der Waals surface area contributed by atoms with Crippen molar-refractivity contribution in [3.63, 3.8) is 0 Å². The van der Waals surface area contributed by atoms with Crippen molar-refractivity contribution in [1.29, 1.82) is 5.26 Å². The standard InChI is InChI=1S/C42H61N2O5PS2/c1-34(2)44(35(3)4)50(49-32-17-29-43)48-31-15-10-16-33-51-52-36(5)18-11-9-14-30-47-42(37-19-12-8-13-20-37,38-21-25-40(45-6)26-22-38)39-23-27-41(46-7)28-24-39/h8,12-13,19-28,34-36H,9-11,14-18,30-33H2,1-7H3. The number of unbranched alkanes of at least 4 members (excludes halogenated alkanes) is 4. The Morgan fingerprint density at radius 1 is 0.673 bits per heavy atom. The van der Waals surface area contributed by atoms with E-state index in [1.54, 1.807) is 14.2 Å². The monoisotopic (exact) mass is 768 g/mol. The van der Waals surface area contributed by atoms with Crippen molar-refractivity contribution in [2.24, 2.45) is 0 Å². The number of benzene rings is 3. The molecule has 0 aliphatic rings. The van der Waals surface area contributed by atoms with Crippen molar-refractivity contribution in [2.75, 3.05) is 39.8 Å². The SMILES string of the molecule is COc1ccc(C(OCCCCCC(C)SSCCCCCOP(OCCC#N)N(C(C)C)C(C)C)(c2ccccc2)c2ccc(OC)cc2)cc1. The zero-order chi connectivity index (χ0) is 37.6. The van der Waals surface area contributed by atoms with Gasteiger partial charge in [-0.25, -0.2) is 4.67 Å². The van der Waals surface area contributed by atoms with E-state index >= 15 is 0 Å². The molecule has 3 aromatic rings. The minimum Gasteiger partial charge on any atom is -0.497 e. The second kappa shape index (κ2) is 24.9. The predicted molar refractivity (Wildman–Crippen MR) is 221 cm³/mol. The first kappa shape index (κ1) is 44.1. The van der Waals surface area contributed by atoms with Crippen LogP contribution in [-0.4, -0.2) is 61.8 Å². The average molecular weight is 769 g/mol. The van der Waals surface area contributed by atoms with Crippen LogP contribution in [0.1, 0.15) is 103 Å². The summed E-state index contributed by atoms with van der Waals surface area (Å²) in [5.74, 6) is 2.79. The first-order valence-electron chi connectivity index (χ1n) is 18.7. The Hall–Kier alpha value is -2.28. The van der Waals surface area contributed by atoms with E-state index in [2.05, 4.69) is 93.9 Å². The molecular formula is C42H61N2O5PS2. The Kier molecular flexibility index (Phi) is 21.1. The van der Waals surface area contributed by atoms with Crippen molar-refractivity contribution in [3.8, 4) is 17.6 Å². The topological polar surface area (TPSA) is 73.2 Å². The van der Waals surface area contributed by atoms with Crippen LogP contribution in [0.2, 0.25) is 0 Å². The minimum absolute atomic E-state index is 0.325. The van der Waals surface area contributed by atoms with Crippen LogP contribution in [0.4, 0.5) is 0 Å². The molecule has 0 N–H and O–H groups in total. The number of nitrogens with zero attached hydrogens (tertiary/aromatic N) is 2. The summed E-state index contributed by atoms with van der Waals surface area (Å²) in [6, 6.07) is 29.8. The molecule has 0 aromatic heterocycles. The quantitative estimate of drug-likeness (QED) is 0.0326. The van der Waals surface area contributed by atoms with Gasteiger partial charge in [-0.2, -0.15) is 5.26 Å². The van der Waals surface area contributed by atoms with Gasteiger partial charge in [-0.3, -0.25) is 0 Å². The Labute approximate surface area is 323 Å². The summed E-state index contributed by atoms with van der Waals surface area (Å²) >= 11 is 0. The molecule has 0 aliphatic carbocycles. The number of nitriles is 1. The summed E-state index contributed by atoms with van der Waals surface area (Å²) in [5.41, 5.74) is 2.46. The van der Waals surface area contributed by atoms with E-state index in [9.17, 15) is 0 Å². The maximum absolute atomic E-state index is 8.92. The van der Waals surface area contributed by atoms with Crippen molar-refractivity contribution >= 4 is 30.1 Å². The van der Waals surface area contributed by atoms with Crippen LogP contribution in [0, 0.1) is 11.3 Å². The smallest absolute Gasteiger partial charge is 0.259 e. The summed E-state index contributed by atoms with van der Waals surface area (Å²) in [4.78, 5) is 0. The van der Waals surface area contributed by atoms with Crippen molar-refractivity contribution in [3.05, 3.63) is 95.6 Å². The molecule has 3 rings (SSSR count). The predicted octanol–water partition coefficient (Wildman–Crippen LogP) is 11.8. The van der Waals surface area contributed by atoms with Crippen molar-refractivity contribution < 1.29 is 23.3 Å². The van der Waals surface area contributed by atoms with E-state index in [1.165, 1.54) is 19.3 Å². The van der Waals surface area contributed by atoms with Crippen LogP contribution in [0.5, 0.6) is 11.5 Å². The largest absolute Gasteiger partial charge is 0.497 e. The zero-order valence-electron chi connectivity index (χ0n) is 32.4. The Morgan fingerprint density at radius 2 is 1.21 bits per heavy atom. The van der Waals surface area contributed by atoms with E-state index in [-0.39, 0.29) is 0 Å². The van der Waals surface area contributed by atoms with E-state index in [0.717, 1.165) is 59.6 Å². The fourth-order valence-corrected chi connectivity index (χ4v) is 10.3. The van der Waals surface area contributed by atoms with E-state index < -0.39 is 14.1 Å². The van der Waals surface area contributed by atoms with E-state index in [1.807, 2.05) is 51.9 Å². The molecular weight excluding hydrogens is 708 g/mol. The third-order valence-corrected chi connectivity index (χ3v) is 13.9. The van der Waals surface area contributed by atoms with Gasteiger partial charge in [-0.1, -0.05) is 102 Å². The first-order valence-corrected chi connectivity index (χ1v) is 22.3. The van der Waals surface area contributed by atoms with Gasteiger partial charge in [-0.05, 0) is 94.3 Å². The fraction of sp³-hybridized carbons (Fsp3) is 0.548. The van der Waals surface area contributed by atoms with Crippen LogP contribution in [0.3, 0.4) is 0 Å². The third-order valence-electron chi connectivity index (χ3n) is 8.72. The molecule has 52 heavy (non-hydrogen) atoms. The van der Waals surface area contributed by atoms with Gasteiger partial charge in [-0.15, -0.1) is 0 Å². The Bertz CT molecular complexity index is 1350. The van der Waals surface area contributed by atoms with Crippen LogP contribution >= 0.6 is 30.1 Å². The zero-order valence-corrected chi connectivity index (χ0v) is 34.9. The van der Waals surface area contributed by atoms with Crippen molar-refractivity contribution in [2.45, 2.75) is 109 Å². The lowest BCUT2D eigenvalue weighted by Gasteiger charge is -2.36. The molecule has 0 aliphatic heterocycles. The molecule has 10 heteroatoms. The lowest BCUT2D eigenvalue weighted by atomic mass is 9.80. The molecule has 286 valence electrons. The van der Waals surface area contributed by atoms with Gasteiger partial charge in [0.05, 0.1) is 39.9 Å². The maximum Gasteiger partial charge on any atom is 0.259 e. The van der Waals surface area contributed by atoms with Crippen molar-refractivity contribution in [1.82, 2.24) is 4.67 Å². The minimum atomic E-state index is -1.15. The molecule has 0 spiro atoms. The molecule has 0 saturated heterocycles. The molecule has 0 heterocycles. The molecule has 3 aromatic carbocycles. The molecule has 2 unspecified atom stereocenters. The third kappa shape index (κ3) is 14.2. The number of hydrogen-bond acceptors (Lipinski definition) is 9. The average Bonchev–Trinajstić information content (AvgIpc) is 3.16. The highest BCUT2D eigenvalue weighted by Crippen LogP contribution is 2.46. The number of ether oxygens (including phenoxy) is 3. The molecule has 0 bridgehead atoms.